The van der Waals surface area contributed by atoms with Crippen molar-refractivity contribution in [3.05, 3.63) is 29.3 Å². The smallest absolute Gasteiger partial charge is 0.335 e. The Labute approximate surface area is 113 Å². The monoisotopic (exact) mass is 307 g/mol. The molecule has 0 unspecified atom stereocenters. The van der Waals surface area contributed by atoms with Crippen LogP contribution in [0.4, 0.5) is 8.78 Å². The molecular weight excluding hydrogens is 296 g/mol. The van der Waals surface area contributed by atoms with E-state index in [1.54, 1.807) is 0 Å². The number of carboxylic acids is 1. The minimum absolute atomic E-state index is 0.169. The molecule has 1 saturated carbocycles. The standard InChI is InChI=1S/C11H11F2NO5S/c12-8-1-5(11(16)17)2-9(10(8)13)20(18,19)14-6-3-7(15)4-6/h1-2,6-7,14-15H,3-4H2,(H,16,17). The Morgan fingerprint density at radius 2 is 1.90 bits per heavy atom. The molecular formula is C11H11F2NO5S. The fraction of sp³-hybridized carbons (Fsp3) is 0.364. The number of halogens is 2. The van der Waals surface area contributed by atoms with Crippen molar-refractivity contribution in [1.82, 2.24) is 4.72 Å². The van der Waals surface area contributed by atoms with E-state index in [4.69, 9.17) is 10.2 Å². The third-order valence-electron chi connectivity index (χ3n) is 2.97. The number of rotatable bonds is 4. The second-order valence-corrected chi connectivity index (χ2v) is 6.20. The highest BCUT2D eigenvalue weighted by molar-refractivity contribution is 7.89. The Morgan fingerprint density at radius 3 is 2.40 bits per heavy atom. The van der Waals surface area contributed by atoms with Gasteiger partial charge in [-0.2, -0.15) is 0 Å². The van der Waals surface area contributed by atoms with Gasteiger partial charge in [0.2, 0.25) is 10.0 Å². The van der Waals surface area contributed by atoms with Crippen LogP contribution in [0, 0.1) is 11.6 Å². The molecule has 0 bridgehead atoms. The van der Waals surface area contributed by atoms with Crippen LogP contribution < -0.4 is 4.72 Å². The quantitative estimate of drug-likeness (QED) is 0.750. The Hall–Kier alpha value is -1.58. The van der Waals surface area contributed by atoms with E-state index in [0.29, 0.717) is 12.1 Å². The average molecular weight is 307 g/mol. The maximum Gasteiger partial charge on any atom is 0.335 e. The van der Waals surface area contributed by atoms with E-state index in [2.05, 4.69) is 4.72 Å². The van der Waals surface area contributed by atoms with E-state index in [0.717, 1.165) is 0 Å². The van der Waals surface area contributed by atoms with Crippen LogP contribution in [-0.4, -0.2) is 36.7 Å². The van der Waals surface area contributed by atoms with Crippen molar-refractivity contribution in [3.63, 3.8) is 0 Å². The molecule has 3 N–H and O–H groups in total. The predicted octanol–water partition coefficient (Wildman–Crippen LogP) is 0.465. The lowest BCUT2D eigenvalue weighted by atomic mass is 9.91. The van der Waals surface area contributed by atoms with Crippen molar-refractivity contribution in [2.45, 2.75) is 29.9 Å². The fourth-order valence-corrected chi connectivity index (χ4v) is 3.22. The summed E-state index contributed by atoms with van der Waals surface area (Å²) < 4.78 is 52.7. The molecule has 2 rings (SSSR count). The van der Waals surface area contributed by atoms with Crippen molar-refractivity contribution >= 4 is 16.0 Å². The van der Waals surface area contributed by atoms with Crippen LogP contribution in [0.5, 0.6) is 0 Å². The van der Waals surface area contributed by atoms with E-state index in [1.165, 1.54) is 0 Å². The molecule has 0 amide bonds. The van der Waals surface area contributed by atoms with Gasteiger partial charge in [0, 0.05) is 6.04 Å². The minimum atomic E-state index is -4.39. The molecule has 1 fully saturated rings. The van der Waals surface area contributed by atoms with Gasteiger partial charge in [0.1, 0.15) is 4.90 Å². The van der Waals surface area contributed by atoms with Crippen LogP contribution in [-0.2, 0) is 10.0 Å². The zero-order valence-electron chi connectivity index (χ0n) is 10.0. The Kier molecular flexibility index (Phi) is 3.76. The van der Waals surface area contributed by atoms with Gasteiger partial charge in [0.25, 0.3) is 0 Å². The maximum absolute atomic E-state index is 13.6. The second-order valence-electron chi connectivity index (χ2n) is 4.52. The lowest BCUT2D eigenvalue weighted by Gasteiger charge is -2.31. The van der Waals surface area contributed by atoms with Gasteiger partial charge in [-0.25, -0.2) is 26.7 Å². The highest BCUT2D eigenvalue weighted by atomic mass is 32.2. The summed E-state index contributed by atoms with van der Waals surface area (Å²) in [5, 5.41) is 17.8. The maximum atomic E-state index is 13.6. The average Bonchev–Trinajstić information content (AvgIpc) is 2.29. The second kappa shape index (κ2) is 5.08. The molecule has 1 aromatic rings. The summed E-state index contributed by atoms with van der Waals surface area (Å²) in [4.78, 5) is 9.68. The van der Waals surface area contributed by atoms with Crippen molar-refractivity contribution in [2.24, 2.45) is 0 Å². The van der Waals surface area contributed by atoms with Crippen LogP contribution >= 0.6 is 0 Å². The molecule has 0 aliphatic heterocycles. The van der Waals surface area contributed by atoms with Gasteiger partial charge < -0.3 is 10.2 Å². The van der Waals surface area contributed by atoms with Gasteiger partial charge in [0.05, 0.1) is 11.7 Å². The summed E-state index contributed by atoms with van der Waals surface area (Å²) in [7, 11) is -4.39. The zero-order valence-corrected chi connectivity index (χ0v) is 10.8. The molecule has 0 aromatic heterocycles. The van der Waals surface area contributed by atoms with Crippen LogP contribution in [0.15, 0.2) is 17.0 Å². The summed E-state index contributed by atoms with van der Waals surface area (Å²) in [5.74, 6) is -4.76. The van der Waals surface area contributed by atoms with Gasteiger partial charge in [0.15, 0.2) is 11.6 Å². The molecule has 0 saturated heterocycles. The number of aromatic carboxylic acids is 1. The van der Waals surface area contributed by atoms with Crippen molar-refractivity contribution in [1.29, 1.82) is 0 Å². The topological polar surface area (TPSA) is 104 Å². The van der Waals surface area contributed by atoms with Crippen LogP contribution in [0.3, 0.4) is 0 Å². The molecule has 110 valence electrons. The molecule has 9 heteroatoms. The summed E-state index contributed by atoms with van der Waals surface area (Å²) in [6.45, 7) is 0. The largest absolute Gasteiger partial charge is 0.478 e. The number of hydrogen-bond donors (Lipinski definition) is 3. The first-order valence-corrected chi connectivity index (χ1v) is 7.12. The van der Waals surface area contributed by atoms with E-state index < -0.39 is 50.2 Å². The number of nitrogens with one attached hydrogen (secondary N) is 1. The van der Waals surface area contributed by atoms with Crippen LogP contribution in [0.1, 0.15) is 23.2 Å². The minimum Gasteiger partial charge on any atom is -0.478 e. The van der Waals surface area contributed by atoms with Crippen LogP contribution in [0.25, 0.3) is 0 Å². The Morgan fingerprint density at radius 1 is 1.30 bits per heavy atom. The highest BCUT2D eigenvalue weighted by Crippen LogP contribution is 2.24. The molecule has 1 aromatic carbocycles. The summed E-state index contributed by atoms with van der Waals surface area (Å²) in [6, 6.07) is 0.382. The van der Waals surface area contributed by atoms with E-state index in [9.17, 15) is 22.0 Å². The van der Waals surface area contributed by atoms with E-state index >= 15 is 0 Å². The third kappa shape index (κ3) is 2.79. The first-order chi connectivity index (χ1) is 9.20. The number of carboxylic acid groups (broad SMARTS) is 1. The fourth-order valence-electron chi connectivity index (χ4n) is 1.85. The van der Waals surface area contributed by atoms with Gasteiger partial charge >= 0.3 is 5.97 Å². The lowest BCUT2D eigenvalue weighted by Crippen LogP contribution is -2.46. The predicted molar refractivity (Wildman–Crippen MR) is 62.7 cm³/mol. The van der Waals surface area contributed by atoms with Crippen molar-refractivity contribution in [3.8, 4) is 0 Å². The van der Waals surface area contributed by atoms with Gasteiger partial charge in [-0.05, 0) is 25.0 Å². The SMILES string of the molecule is O=C(O)c1cc(F)c(F)c(S(=O)(=O)NC2CC(O)C2)c1. The number of aliphatic hydroxyl groups is 1. The molecule has 0 heterocycles. The van der Waals surface area contributed by atoms with Crippen molar-refractivity contribution < 1.29 is 32.2 Å². The lowest BCUT2D eigenvalue weighted by molar-refractivity contribution is 0.0694. The van der Waals surface area contributed by atoms with Gasteiger partial charge in [-0.3, -0.25) is 0 Å². The zero-order chi connectivity index (χ0) is 15.1. The van der Waals surface area contributed by atoms with Gasteiger partial charge in [-0.15, -0.1) is 0 Å². The van der Waals surface area contributed by atoms with E-state index in [-0.39, 0.29) is 12.8 Å². The number of hydrogen-bond acceptors (Lipinski definition) is 4. The number of sulfonamides is 1. The molecule has 1 aliphatic carbocycles. The molecule has 0 radical (unpaired) electrons. The molecule has 0 atom stereocenters. The van der Waals surface area contributed by atoms with E-state index in [1.807, 2.05) is 0 Å². The molecule has 6 nitrogen and oxygen atoms in total. The highest BCUT2D eigenvalue weighted by Gasteiger charge is 2.33. The van der Waals surface area contributed by atoms with Crippen LogP contribution in [0.2, 0.25) is 0 Å². The number of aliphatic hydroxyl groups excluding tert-OH is 1. The number of benzene rings is 1. The third-order valence-corrected chi connectivity index (χ3v) is 4.49. The summed E-state index contributed by atoms with van der Waals surface area (Å²) >= 11 is 0. The summed E-state index contributed by atoms with van der Waals surface area (Å²) in [5.41, 5.74) is -0.669. The van der Waals surface area contributed by atoms with Crippen molar-refractivity contribution in [2.75, 3.05) is 0 Å². The first-order valence-electron chi connectivity index (χ1n) is 5.63. The molecule has 20 heavy (non-hydrogen) atoms. The Bertz CT molecular complexity index is 655. The Balaban J connectivity index is 2.37. The van der Waals surface area contributed by atoms with Gasteiger partial charge in [-0.1, -0.05) is 0 Å². The first kappa shape index (κ1) is 14.8. The number of carbonyl (C=O) groups is 1. The normalized spacial score (nSPS) is 22.4. The molecule has 0 spiro atoms. The summed E-state index contributed by atoms with van der Waals surface area (Å²) in [6.07, 6.45) is -0.293. The molecule has 1 aliphatic rings.